The summed E-state index contributed by atoms with van der Waals surface area (Å²) in [5.41, 5.74) is 2.99. The number of nitrogens with zero attached hydrogens (tertiary/aromatic N) is 5. The minimum Gasteiger partial charge on any atom is -0.494 e. The molecule has 0 N–H and O–H groups in total. The van der Waals surface area contributed by atoms with Crippen molar-refractivity contribution in [1.29, 1.82) is 0 Å². The first-order valence-corrected chi connectivity index (χ1v) is 13.3. The third-order valence-electron chi connectivity index (χ3n) is 7.00. The number of carbonyl (C=O) groups is 1. The molecule has 194 valence electrons. The van der Waals surface area contributed by atoms with Crippen molar-refractivity contribution in [2.45, 2.75) is 39.2 Å². The Balaban J connectivity index is 1.12. The zero-order valence-corrected chi connectivity index (χ0v) is 22.5. The topological polar surface area (TPSA) is 53.8 Å². The Bertz CT molecular complexity index is 1120. The van der Waals surface area contributed by atoms with Crippen LogP contribution in [0.5, 0.6) is 5.75 Å². The average molecular weight is 512 g/mol. The maximum absolute atomic E-state index is 12.3. The number of benzene rings is 2. The molecule has 0 aliphatic carbocycles. The summed E-state index contributed by atoms with van der Waals surface area (Å²) in [6.07, 6.45) is 5.18. The second kappa shape index (κ2) is 12.6. The molecule has 1 fully saturated rings. The zero-order valence-electron chi connectivity index (χ0n) is 21.7. The number of unbranched alkanes of at least 4 members (excludes halogenated alkanes) is 2. The minimum atomic E-state index is 0.215. The van der Waals surface area contributed by atoms with Crippen LogP contribution < -0.4 is 4.74 Å². The first-order valence-electron chi connectivity index (χ1n) is 13.0. The Kier molecular flexibility index (Phi) is 9.24. The standard InChI is InChI=1S/C28H38ClN5O2/c1-22(2)31(3)28(35)20-33-16-14-32(15-17-33)13-5-4-6-18-36-25-11-12-27-26(19-25)30-21-34(27)24-9-7-23(29)8-10-24/h7-12,19,21-22H,4-6,13-18,20H2,1-3H3. The van der Waals surface area contributed by atoms with Crippen molar-refractivity contribution in [3.05, 3.63) is 53.8 Å². The molecule has 0 spiro atoms. The summed E-state index contributed by atoms with van der Waals surface area (Å²) in [4.78, 5) is 23.5. The Morgan fingerprint density at radius 1 is 1.03 bits per heavy atom. The van der Waals surface area contributed by atoms with Crippen LogP contribution in [0.15, 0.2) is 48.8 Å². The van der Waals surface area contributed by atoms with Crippen LogP contribution in [0.4, 0.5) is 0 Å². The van der Waals surface area contributed by atoms with E-state index in [1.807, 2.05) is 54.7 Å². The van der Waals surface area contributed by atoms with Gasteiger partial charge in [0.25, 0.3) is 0 Å². The molecule has 0 atom stereocenters. The second-order valence-corrected chi connectivity index (χ2v) is 10.3. The van der Waals surface area contributed by atoms with Gasteiger partial charge in [-0.1, -0.05) is 11.6 Å². The molecule has 1 amide bonds. The van der Waals surface area contributed by atoms with E-state index in [1.54, 1.807) is 0 Å². The summed E-state index contributed by atoms with van der Waals surface area (Å²) in [5, 5.41) is 0.722. The summed E-state index contributed by atoms with van der Waals surface area (Å²) >= 11 is 6.01. The van der Waals surface area contributed by atoms with Crippen molar-refractivity contribution >= 4 is 28.5 Å². The predicted octanol–water partition coefficient (Wildman–Crippen LogP) is 4.71. The highest BCUT2D eigenvalue weighted by Gasteiger charge is 2.21. The van der Waals surface area contributed by atoms with Gasteiger partial charge in [-0.05, 0) is 76.1 Å². The van der Waals surface area contributed by atoms with E-state index in [0.29, 0.717) is 13.2 Å². The fraction of sp³-hybridized carbons (Fsp3) is 0.500. The normalized spacial score (nSPS) is 15.0. The third-order valence-corrected chi connectivity index (χ3v) is 7.25. The van der Waals surface area contributed by atoms with E-state index >= 15 is 0 Å². The monoisotopic (exact) mass is 511 g/mol. The van der Waals surface area contributed by atoms with Crippen LogP contribution in [-0.4, -0.2) is 89.1 Å². The third kappa shape index (κ3) is 6.99. The van der Waals surface area contributed by atoms with Gasteiger partial charge in [-0.2, -0.15) is 0 Å². The largest absolute Gasteiger partial charge is 0.494 e. The number of halogens is 1. The average Bonchev–Trinajstić information content (AvgIpc) is 3.30. The molecule has 2 heterocycles. The van der Waals surface area contributed by atoms with Crippen LogP contribution in [0, 0.1) is 0 Å². The van der Waals surface area contributed by atoms with E-state index < -0.39 is 0 Å². The van der Waals surface area contributed by atoms with Crippen LogP contribution in [0.2, 0.25) is 5.02 Å². The first-order chi connectivity index (χ1) is 17.4. The number of hydrogen-bond donors (Lipinski definition) is 0. The number of rotatable bonds is 11. The maximum atomic E-state index is 12.3. The second-order valence-electron chi connectivity index (χ2n) is 9.87. The molecule has 1 aromatic heterocycles. The molecule has 4 rings (SSSR count). The molecule has 1 aliphatic rings. The molecule has 0 unspecified atom stereocenters. The minimum absolute atomic E-state index is 0.215. The van der Waals surface area contributed by atoms with Crippen molar-refractivity contribution in [1.82, 2.24) is 24.3 Å². The lowest BCUT2D eigenvalue weighted by molar-refractivity contribution is -0.133. The summed E-state index contributed by atoms with van der Waals surface area (Å²) in [7, 11) is 1.89. The SMILES string of the molecule is CC(C)N(C)C(=O)CN1CCN(CCCCCOc2ccc3c(c2)ncn3-c2ccc(Cl)cc2)CC1. The van der Waals surface area contributed by atoms with Crippen LogP contribution in [0.25, 0.3) is 16.7 Å². The van der Waals surface area contributed by atoms with Gasteiger partial charge < -0.3 is 14.5 Å². The molecule has 0 bridgehead atoms. The molecular weight excluding hydrogens is 474 g/mol. The summed E-state index contributed by atoms with van der Waals surface area (Å²) in [6, 6.07) is 14.1. The Morgan fingerprint density at radius 2 is 1.75 bits per heavy atom. The number of carbonyl (C=O) groups excluding carboxylic acids is 1. The highest BCUT2D eigenvalue weighted by molar-refractivity contribution is 6.30. The van der Waals surface area contributed by atoms with Crippen molar-refractivity contribution in [2.24, 2.45) is 0 Å². The molecule has 0 radical (unpaired) electrons. The van der Waals surface area contributed by atoms with Gasteiger partial charge in [0.1, 0.15) is 12.1 Å². The number of aromatic nitrogens is 2. The van der Waals surface area contributed by atoms with Gasteiger partial charge in [0.05, 0.1) is 24.2 Å². The van der Waals surface area contributed by atoms with E-state index in [2.05, 4.69) is 39.3 Å². The summed E-state index contributed by atoms with van der Waals surface area (Å²) < 4.78 is 8.05. The fourth-order valence-corrected chi connectivity index (χ4v) is 4.58. The molecule has 1 aliphatic heterocycles. The smallest absolute Gasteiger partial charge is 0.236 e. The number of piperazine rings is 1. The number of imidazole rings is 1. The van der Waals surface area contributed by atoms with Gasteiger partial charge in [0.15, 0.2) is 0 Å². The highest BCUT2D eigenvalue weighted by atomic mass is 35.5. The van der Waals surface area contributed by atoms with Gasteiger partial charge in [-0.25, -0.2) is 4.98 Å². The molecule has 7 nitrogen and oxygen atoms in total. The number of ether oxygens (including phenoxy) is 1. The van der Waals surface area contributed by atoms with E-state index in [-0.39, 0.29) is 11.9 Å². The Labute approximate surface area is 219 Å². The molecule has 2 aromatic carbocycles. The van der Waals surface area contributed by atoms with Crippen molar-refractivity contribution in [2.75, 3.05) is 52.9 Å². The number of hydrogen-bond acceptors (Lipinski definition) is 5. The molecule has 0 saturated carbocycles. The molecule has 8 heteroatoms. The number of likely N-dealkylation sites (N-methyl/N-ethyl adjacent to an activating group) is 1. The Morgan fingerprint density at radius 3 is 2.47 bits per heavy atom. The van der Waals surface area contributed by atoms with Gasteiger partial charge >= 0.3 is 0 Å². The van der Waals surface area contributed by atoms with Crippen molar-refractivity contribution in [3.8, 4) is 11.4 Å². The maximum Gasteiger partial charge on any atom is 0.236 e. The van der Waals surface area contributed by atoms with Crippen molar-refractivity contribution in [3.63, 3.8) is 0 Å². The van der Waals surface area contributed by atoms with Gasteiger partial charge in [-0.15, -0.1) is 0 Å². The molecule has 3 aromatic rings. The van der Waals surface area contributed by atoms with Crippen LogP contribution in [0.1, 0.15) is 33.1 Å². The summed E-state index contributed by atoms with van der Waals surface area (Å²) in [6.45, 7) is 10.5. The molecule has 36 heavy (non-hydrogen) atoms. The van der Waals surface area contributed by atoms with E-state index in [1.165, 1.54) is 6.42 Å². The van der Waals surface area contributed by atoms with Crippen LogP contribution >= 0.6 is 11.6 Å². The molecule has 1 saturated heterocycles. The lowest BCUT2D eigenvalue weighted by Crippen LogP contribution is -2.50. The summed E-state index contributed by atoms with van der Waals surface area (Å²) in [5.74, 6) is 1.07. The van der Waals surface area contributed by atoms with Crippen LogP contribution in [-0.2, 0) is 4.79 Å². The van der Waals surface area contributed by atoms with Gasteiger partial charge in [0, 0.05) is 56.0 Å². The van der Waals surface area contributed by atoms with Crippen molar-refractivity contribution < 1.29 is 9.53 Å². The Hall–Kier alpha value is -2.61. The lowest BCUT2D eigenvalue weighted by Gasteiger charge is -2.35. The van der Waals surface area contributed by atoms with Gasteiger partial charge in [-0.3, -0.25) is 14.3 Å². The van der Waals surface area contributed by atoms with E-state index in [9.17, 15) is 4.79 Å². The highest BCUT2D eigenvalue weighted by Crippen LogP contribution is 2.24. The van der Waals surface area contributed by atoms with E-state index in [0.717, 1.165) is 73.1 Å². The van der Waals surface area contributed by atoms with Crippen LogP contribution in [0.3, 0.4) is 0 Å². The number of fused-ring (bicyclic) bond motifs is 1. The van der Waals surface area contributed by atoms with E-state index in [4.69, 9.17) is 16.3 Å². The quantitative estimate of drug-likeness (QED) is 0.349. The lowest BCUT2D eigenvalue weighted by atomic mass is 10.2. The first kappa shape index (κ1) is 26.5. The zero-order chi connectivity index (χ0) is 25.5. The number of amides is 1. The molecular formula is C28H38ClN5O2. The fourth-order valence-electron chi connectivity index (χ4n) is 4.46. The predicted molar refractivity (Wildman–Crippen MR) is 146 cm³/mol. The van der Waals surface area contributed by atoms with Gasteiger partial charge in [0.2, 0.25) is 5.91 Å².